The number of piperazine rings is 1. The third-order valence-electron chi connectivity index (χ3n) is 5.78. The van der Waals surface area contributed by atoms with Crippen molar-refractivity contribution < 1.29 is 10.2 Å². The van der Waals surface area contributed by atoms with Gasteiger partial charge in [0.05, 0.1) is 11.5 Å². The van der Waals surface area contributed by atoms with Crippen molar-refractivity contribution in [2.45, 2.75) is 33.9 Å². The van der Waals surface area contributed by atoms with Gasteiger partial charge in [0.15, 0.2) is 11.4 Å². The molecule has 0 aliphatic carbocycles. The highest BCUT2D eigenvalue weighted by atomic mass is 32.1. The lowest BCUT2D eigenvalue weighted by atomic mass is 10.1. The van der Waals surface area contributed by atoms with Crippen molar-refractivity contribution in [1.29, 1.82) is 0 Å². The van der Waals surface area contributed by atoms with Gasteiger partial charge < -0.3 is 20.4 Å². The smallest absolute Gasteiger partial charge is 0.234 e. The number of aliphatic hydroxyl groups excluding tert-OH is 2. The molecule has 10 nitrogen and oxygen atoms in total. The quantitative estimate of drug-likeness (QED) is 0.355. The number of aromatic nitrogens is 4. The van der Waals surface area contributed by atoms with E-state index in [1.807, 2.05) is 20.8 Å². The minimum atomic E-state index is -0.876. The maximum absolute atomic E-state index is 10.8. The van der Waals surface area contributed by atoms with Gasteiger partial charge in [-0.15, -0.1) is 0 Å². The Labute approximate surface area is 203 Å². The monoisotopic (exact) mass is 484 g/mol. The van der Waals surface area contributed by atoms with Crippen LogP contribution in [0.25, 0.3) is 0 Å². The summed E-state index contributed by atoms with van der Waals surface area (Å²) in [6.45, 7) is 12.1. The van der Waals surface area contributed by atoms with Crippen molar-refractivity contribution in [2.24, 2.45) is 0 Å². The summed E-state index contributed by atoms with van der Waals surface area (Å²) >= 11 is 1.34. The maximum Gasteiger partial charge on any atom is 0.234 e. The molecule has 0 bridgehead atoms. The molecule has 1 unspecified atom stereocenters. The van der Waals surface area contributed by atoms with E-state index in [-0.39, 0.29) is 6.61 Å². The van der Waals surface area contributed by atoms with Crippen LogP contribution in [0.5, 0.6) is 0 Å². The Balaban J connectivity index is 1.43. The van der Waals surface area contributed by atoms with E-state index in [4.69, 9.17) is 5.11 Å². The van der Waals surface area contributed by atoms with E-state index in [2.05, 4.69) is 59.4 Å². The van der Waals surface area contributed by atoms with Crippen LogP contribution < -0.4 is 15.5 Å². The van der Waals surface area contributed by atoms with Crippen molar-refractivity contribution in [1.82, 2.24) is 24.8 Å². The van der Waals surface area contributed by atoms with Gasteiger partial charge in [0.25, 0.3) is 0 Å². The van der Waals surface area contributed by atoms with E-state index < -0.39 is 6.23 Å². The molecule has 11 heteroatoms. The lowest BCUT2D eigenvalue weighted by molar-refractivity contribution is 0.188. The Morgan fingerprint density at radius 2 is 1.74 bits per heavy atom. The second-order valence-corrected chi connectivity index (χ2v) is 9.63. The van der Waals surface area contributed by atoms with Gasteiger partial charge in [-0.25, -0.2) is 4.98 Å². The van der Waals surface area contributed by atoms with Gasteiger partial charge in [0.1, 0.15) is 5.82 Å². The summed E-state index contributed by atoms with van der Waals surface area (Å²) in [7, 11) is 0. The highest BCUT2D eigenvalue weighted by Gasteiger charge is 2.20. The molecule has 1 aromatic carbocycles. The molecule has 0 spiro atoms. The molecule has 4 rings (SSSR count). The summed E-state index contributed by atoms with van der Waals surface area (Å²) < 4.78 is 0. The first-order valence-corrected chi connectivity index (χ1v) is 12.2. The Bertz CT molecular complexity index is 1110. The average Bonchev–Trinajstić information content (AvgIpc) is 3.25. The molecule has 0 saturated carbocycles. The number of anilines is 4. The molecule has 182 valence electrons. The summed E-state index contributed by atoms with van der Waals surface area (Å²) in [6.07, 6.45) is 0.776. The van der Waals surface area contributed by atoms with E-state index in [1.54, 1.807) is 6.20 Å². The highest BCUT2D eigenvalue weighted by molar-refractivity contribution is 7.15. The molecule has 0 amide bonds. The van der Waals surface area contributed by atoms with Crippen LogP contribution in [0.4, 0.5) is 22.7 Å². The highest BCUT2D eigenvalue weighted by Crippen LogP contribution is 2.30. The summed E-state index contributed by atoms with van der Waals surface area (Å²) in [5.41, 5.74) is 4.30. The number of hydrogen-bond donors (Lipinski definition) is 4. The number of hydrogen-bond acceptors (Lipinski definition) is 11. The van der Waals surface area contributed by atoms with Crippen molar-refractivity contribution in [2.75, 3.05) is 54.9 Å². The van der Waals surface area contributed by atoms with E-state index in [0.717, 1.165) is 43.0 Å². The summed E-state index contributed by atoms with van der Waals surface area (Å²) in [5, 5.41) is 26.8. The largest absolute Gasteiger partial charge is 0.395 e. The Hall–Kier alpha value is -2.86. The van der Waals surface area contributed by atoms with Crippen LogP contribution in [0.2, 0.25) is 0 Å². The predicted octanol–water partition coefficient (Wildman–Crippen LogP) is 2.52. The molecule has 3 heterocycles. The fourth-order valence-electron chi connectivity index (χ4n) is 4.16. The second kappa shape index (κ2) is 10.6. The lowest BCUT2D eigenvalue weighted by Gasteiger charge is -2.34. The molecule has 34 heavy (non-hydrogen) atoms. The molecule has 3 aromatic rings. The number of thiazole rings is 1. The predicted molar refractivity (Wildman–Crippen MR) is 135 cm³/mol. The number of β-amino-alcohol motifs (C(OH)–C–C–N with tert-alkyl or cyclic N) is 1. The van der Waals surface area contributed by atoms with E-state index in [1.165, 1.54) is 16.9 Å². The topological polar surface area (TPSA) is 123 Å². The number of nitrogens with one attached hydrogen (secondary N) is 2. The minimum Gasteiger partial charge on any atom is -0.395 e. The average molecular weight is 485 g/mol. The normalized spacial score (nSPS) is 15.4. The summed E-state index contributed by atoms with van der Waals surface area (Å²) in [5.74, 6) is 1.67. The van der Waals surface area contributed by atoms with Gasteiger partial charge in [0.2, 0.25) is 11.9 Å². The van der Waals surface area contributed by atoms with Gasteiger partial charge in [0, 0.05) is 44.6 Å². The van der Waals surface area contributed by atoms with Crippen molar-refractivity contribution in [3.8, 4) is 0 Å². The molecule has 1 atom stereocenters. The number of aryl methyl sites for hydroxylation is 4. The van der Waals surface area contributed by atoms with E-state index in [9.17, 15) is 5.11 Å². The van der Waals surface area contributed by atoms with Gasteiger partial charge in [-0.3, -0.25) is 10.2 Å². The van der Waals surface area contributed by atoms with Crippen LogP contribution in [-0.4, -0.2) is 74.4 Å². The summed E-state index contributed by atoms with van der Waals surface area (Å²) in [4.78, 5) is 22.9. The number of nitrogens with zero attached hydrogens (tertiary/aromatic N) is 6. The van der Waals surface area contributed by atoms with Gasteiger partial charge in [-0.05, 0) is 38.8 Å². The lowest BCUT2D eigenvalue weighted by Crippen LogP contribution is -2.47. The van der Waals surface area contributed by atoms with Crippen LogP contribution in [-0.2, 0) is 0 Å². The number of rotatable bonds is 8. The summed E-state index contributed by atoms with van der Waals surface area (Å²) in [6, 6.07) is 4.18. The molecule has 4 N–H and O–H groups in total. The molecule has 1 fully saturated rings. The standard InChI is InChI=1S/C23H32N8O2S/c1-14-11-15(2)19(16(3)12-14)27-20(33)18-13-24-23(34-18)29-21-25-17(4)26-22(28-21)31-7-5-30(6-8-31)9-10-32/h11-13,20,27,32-33H,5-10H2,1-4H3,(H,24,25,26,28,29). The van der Waals surface area contributed by atoms with E-state index >= 15 is 0 Å². The van der Waals surface area contributed by atoms with Crippen molar-refractivity contribution in [3.63, 3.8) is 0 Å². The molecule has 1 aliphatic heterocycles. The van der Waals surface area contributed by atoms with Gasteiger partial charge in [-0.1, -0.05) is 29.0 Å². The van der Waals surface area contributed by atoms with Gasteiger partial charge in [-0.2, -0.15) is 15.0 Å². The molecule has 0 radical (unpaired) electrons. The van der Waals surface area contributed by atoms with Crippen molar-refractivity contribution in [3.05, 3.63) is 45.7 Å². The third-order valence-corrected chi connectivity index (χ3v) is 6.74. The molecule has 1 aliphatic rings. The van der Waals surface area contributed by atoms with E-state index in [0.29, 0.717) is 34.3 Å². The number of benzene rings is 1. The zero-order chi connectivity index (χ0) is 24.2. The van der Waals surface area contributed by atoms with Crippen LogP contribution in [0.1, 0.15) is 33.6 Å². The minimum absolute atomic E-state index is 0.170. The molecular formula is C23H32N8O2S. The molecular weight excluding hydrogens is 452 g/mol. The first-order valence-electron chi connectivity index (χ1n) is 11.4. The second-order valence-electron chi connectivity index (χ2n) is 8.57. The molecule has 2 aromatic heterocycles. The third kappa shape index (κ3) is 5.79. The van der Waals surface area contributed by atoms with Crippen LogP contribution in [0.15, 0.2) is 18.3 Å². The Morgan fingerprint density at radius 3 is 2.41 bits per heavy atom. The zero-order valence-corrected chi connectivity index (χ0v) is 20.9. The first kappa shape index (κ1) is 24.3. The fraction of sp³-hybridized carbons (Fsp3) is 0.478. The molecule has 1 saturated heterocycles. The SMILES string of the molecule is Cc1cc(C)c(NC(O)c2cnc(Nc3nc(C)nc(N4CCN(CCO)CC4)n3)s2)c(C)c1. The number of aliphatic hydroxyl groups is 2. The van der Waals surface area contributed by atoms with Crippen molar-refractivity contribution >= 4 is 34.1 Å². The maximum atomic E-state index is 10.8. The fourth-order valence-corrected chi connectivity index (χ4v) is 4.91. The Kier molecular flexibility index (Phi) is 7.57. The van der Waals surface area contributed by atoms with Gasteiger partial charge >= 0.3 is 0 Å². The van der Waals surface area contributed by atoms with Crippen LogP contribution >= 0.6 is 11.3 Å². The van der Waals surface area contributed by atoms with Crippen LogP contribution in [0, 0.1) is 27.7 Å². The van der Waals surface area contributed by atoms with Crippen LogP contribution in [0.3, 0.4) is 0 Å². The Morgan fingerprint density at radius 1 is 1.03 bits per heavy atom. The zero-order valence-electron chi connectivity index (χ0n) is 20.0. The first-order chi connectivity index (χ1) is 16.3.